The Kier molecular flexibility index (Phi) is 5.34. The van der Waals surface area contributed by atoms with Gasteiger partial charge in [-0.2, -0.15) is 18.4 Å². The Bertz CT molecular complexity index is 1080. The summed E-state index contributed by atoms with van der Waals surface area (Å²) in [6, 6.07) is 5.37. The van der Waals surface area contributed by atoms with Crippen LogP contribution >= 0.6 is 0 Å². The number of amides is 1. The van der Waals surface area contributed by atoms with Crippen molar-refractivity contribution < 1.29 is 31.1 Å². The van der Waals surface area contributed by atoms with E-state index in [1.165, 1.54) is 35.4 Å². The first-order chi connectivity index (χ1) is 13.6. The molecular formula is C17H13F3N4O4S. The molecule has 0 unspecified atom stereocenters. The molecule has 12 heteroatoms. The van der Waals surface area contributed by atoms with E-state index in [0.717, 1.165) is 6.07 Å². The SMILES string of the molecule is N#Cc1cc(NC(=O)C2=CN3CCS(=O)(=O)N=C3C=C2)ccc1OCC(F)(F)F. The molecule has 2 aliphatic rings. The number of nitrogens with zero attached hydrogens (tertiary/aromatic N) is 3. The number of nitriles is 1. The van der Waals surface area contributed by atoms with Crippen molar-refractivity contribution in [1.82, 2.24) is 4.90 Å². The van der Waals surface area contributed by atoms with Gasteiger partial charge in [-0.3, -0.25) is 4.79 Å². The monoisotopic (exact) mass is 426 g/mol. The van der Waals surface area contributed by atoms with Gasteiger partial charge in [0, 0.05) is 18.4 Å². The quantitative estimate of drug-likeness (QED) is 0.788. The second-order valence-corrected chi connectivity index (χ2v) is 7.78. The summed E-state index contributed by atoms with van der Waals surface area (Å²) in [4.78, 5) is 14.0. The van der Waals surface area contributed by atoms with Gasteiger partial charge in [0.15, 0.2) is 6.61 Å². The first kappa shape index (κ1) is 20.4. The lowest BCUT2D eigenvalue weighted by Gasteiger charge is -2.26. The van der Waals surface area contributed by atoms with Crippen molar-refractivity contribution in [2.45, 2.75) is 6.18 Å². The number of fused-ring (bicyclic) bond motifs is 1. The second-order valence-electron chi connectivity index (χ2n) is 6.03. The molecule has 0 saturated carbocycles. The van der Waals surface area contributed by atoms with Crippen molar-refractivity contribution >= 4 is 27.5 Å². The third-order valence-corrected chi connectivity index (χ3v) is 5.00. The van der Waals surface area contributed by atoms with E-state index >= 15 is 0 Å². The fraction of sp³-hybridized carbons (Fsp3) is 0.235. The smallest absolute Gasteiger partial charge is 0.422 e. The van der Waals surface area contributed by atoms with Crippen LogP contribution in [0.3, 0.4) is 0 Å². The van der Waals surface area contributed by atoms with Gasteiger partial charge in [-0.05, 0) is 30.4 Å². The van der Waals surface area contributed by atoms with E-state index in [-0.39, 0.29) is 40.7 Å². The van der Waals surface area contributed by atoms with E-state index in [4.69, 9.17) is 5.26 Å². The molecule has 3 rings (SSSR count). The maximum Gasteiger partial charge on any atom is 0.422 e. The number of amidine groups is 1. The van der Waals surface area contributed by atoms with E-state index < -0.39 is 28.7 Å². The molecule has 152 valence electrons. The van der Waals surface area contributed by atoms with Crippen LogP contribution in [0.15, 0.2) is 46.5 Å². The van der Waals surface area contributed by atoms with Gasteiger partial charge in [0.25, 0.3) is 15.9 Å². The lowest BCUT2D eigenvalue weighted by atomic mass is 10.1. The summed E-state index contributed by atoms with van der Waals surface area (Å²) in [5, 5.41) is 11.6. The van der Waals surface area contributed by atoms with Gasteiger partial charge in [-0.25, -0.2) is 8.42 Å². The molecule has 29 heavy (non-hydrogen) atoms. The van der Waals surface area contributed by atoms with Crippen LogP contribution in [0.4, 0.5) is 18.9 Å². The van der Waals surface area contributed by atoms with Crippen molar-refractivity contribution in [1.29, 1.82) is 5.26 Å². The lowest BCUT2D eigenvalue weighted by molar-refractivity contribution is -0.153. The molecule has 0 fully saturated rings. The first-order valence-electron chi connectivity index (χ1n) is 8.10. The summed E-state index contributed by atoms with van der Waals surface area (Å²) in [5.74, 6) is -0.789. The molecule has 0 radical (unpaired) electrons. The van der Waals surface area contributed by atoms with Crippen LogP contribution in [0.5, 0.6) is 5.75 Å². The van der Waals surface area contributed by atoms with Gasteiger partial charge in [-0.15, -0.1) is 4.40 Å². The molecule has 1 amide bonds. The zero-order valence-corrected chi connectivity index (χ0v) is 15.4. The molecule has 2 aliphatic heterocycles. The summed E-state index contributed by atoms with van der Waals surface area (Å²) >= 11 is 0. The summed E-state index contributed by atoms with van der Waals surface area (Å²) in [6.45, 7) is -1.40. The highest BCUT2D eigenvalue weighted by Gasteiger charge is 2.29. The molecule has 0 bridgehead atoms. The number of benzene rings is 1. The number of carbonyl (C=O) groups is 1. The van der Waals surface area contributed by atoms with Crippen molar-refractivity contribution in [2.24, 2.45) is 4.40 Å². The largest absolute Gasteiger partial charge is 0.483 e. The highest BCUT2D eigenvalue weighted by Crippen LogP contribution is 2.25. The third-order valence-electron chi connectivity index (χ3n) is 3.84. The number of hydrogen-bond acceptors (Lipinski definition) is 6. The average Bonchev–Trinajstić information content (AvgIpc) is 2.65. The molecule has 2 heterocycles. The third kappa shape index (κ3) is 5.14. The molecule has 0 atom stereocenters. The van der Waals surface area contributed by atoms with Crippen LogP contribution in [0, 0.1) is 11.3 Å². The molecule has 8 nitrogen and oxygen atoms in total. The molecule has 0 saturated heterocycles. The number of rotatable bonds is 4. The van der Waals surface area contributed by atoms with Crippen molar-refractivity contribution in [3.05, 3.63) is 47.7 Å². The second kappa shape index (κ2) is 7.59. The van der Waals surface area contributed by atoms with Crippen LogP contribution < -0.4 is 10.1 Å². The molecule has 1 N–H and O–H groups in total. The predicted octanol–water partition coefficient (Wildman–Crippen LogP) is 1.94. The Morgan fingerprint density at radius 1 is 1.34 bits per heavy atom. The highest BCUT2D eigenvalue weighted by atomic mass is 32.2. The first-order valence-corrected chi connectivity index (χ1v) is 9.71. The number of sulfonamides is 1. The normalized spacial score (nSPS) is 17.5. The van der Waals surface area contributed by atoms with E-state index in [2.05, 4.69) is 14.5 Å². The van der Waals surface area contributed by atoms with Gasteiger partial charge in [0.1, 0.15) is 17.7 Å². The van der Waals surface area contributed by atoms with Gasteiger partial charge in [0.05, 0.1) is 16.9 Å². The van der Waals surface area contributed by atoms with Gasteiger partial charge < -0.3 is 15.0 Å². The molecule has 1 aromatic rings. The molecular weight excluding hydrogens is 413 g/mol. The van der Waals surface area contributed by atoms with E-state index in [9.17, 15) is 26.4 Å². The maximum atomic E-state index is 12.4. The van der Waals surface area contributed by atoms with Gasteiger partial charge in [-0.1, -0.05) is 0 Å². The standard InChI is InChI=1S/C17H13F3N4O4S/c18-17(19,20)10-28-14-3-2-13(7-12(14)8-21)22-16(25)11-1-4-15-23-29(26,27)6-5-24(15)9-11/h1-4,7,9H,5-6,10H2,(H,22,25). The number of hydrogen-bond donors (Lipinski definition) is 1. The topological polar surface area (TPSA) is 112 Å². The number of ether oxygens (including phenoxy) is 1. The van der Waals surface area contributed by atoms with E-state index in [1.807, 2.05) is 0 Å². The van der Waals surface area contributed by atoms with Gasteiger partial charge >= 0.3 is 6.18 Å². The maximum absolute atomic E-state index is 12.4. The zero-order valence-electron chi connectivity index (χ0n) is 14.6. The minimum atomic E-state index is -4.55. The Morgan fingerprint density at radius 2 is 2.10 bits per heavy atom. The Hall–Kier alpha value is -3.33. The minimum Gasteiger partial charge on any atom is -0.483 e. The summed E-state index contributed by atoms with van der Waals surface area (Å²) < 4.78 is 68.0. The fourth-order valence-electron chi connectivity index (χ4n) is 2.52. The van der Waals surface area contributed by atoms with Crippen LogP contribution in [-0.4, -0.2) is 50.1 Å². The van der Waals surface area contributed by atoms with Gasteiger partial charge in [0.2, 0.25) is 0 Å². The van der Waals surface area contributed by atoms with Crippen molar-refractivity contribution in [3.63, 3.8) is 0 Å². The van der Waals surface area contributed by atoms with Crippen LogP contribution in [0.1, 0.15) is 5.56 Å². The molecule has 1 aromatic carbocycles. The van der Waals surface area contributed by atoms with Crippen LogP contribution in [0.25, 0.3) is 0 Å². The Morgan fingerprint density at radius 3 is 2.79 bits per heavy atom. The summed E-state index contributed by atoms with van der Waals surface area (Å²) in [7, 11) is -3.51. The summed E-state index contributed by atoms with van der Waals surface area (Å²) in [6.07, 6.45) is -0.331. The lowest BCUT2D eigenvalue weighted by Crippen LogP contribution is -2.37. The summed E-state index contributed by atoms with van der Waals surface area (Å²) in [5.41, 5.74) is 0.218. The zero-order chi connectivity index (χ0) is 21.2. The molecule has 0 aliphatic carbocycles. The Balaban J connectivity index is 1.72. The van der Waals surface area contributed by atoms with E-state index in [1.54, 1.807) is 6.07 Å². The van der Waals surface area contributed by atoms with E-state index in [0.29, 0.717) is 0 Å². The fourth-order valence-corrected chi connectivity index (χ4v) is 3.49. The number of alkyl halides is 3. The Labute approximate surface area is 163 Å². The number of anilines is 1. The number of carbonyl (C=O) groups excluding carboxylic acids is 1. The molecule has 0 spiro atoms. The van der Waals surface area contributed by atoms with Crippen molar-refractivity contribution in [3.8, 4) is 11.8 Å². The van der Waals surface area contributed by atoms with Crippen LogP contribution in [0.2, 0.25) is 0 Å². The highest BCUT2D eigenvalue weighted by molar-refractivity contribution is 7.90. The number of halogens is 3. The minimum absolute atomic E-state index is 0.145. The van der Waals surface area contributed by atoms with Crippen molar-refractivity contribution in [2.75, 3.05) is 24.2 Å². The predicted molar refractivity (Wildman–Crippen MR) is 96.5 cm³/mol. The average molecular weight is 426 g/mol. The number of nitrogens with one attached hydrogen (secondary N) is 1. The molecule has 0 aromatic heterocycles. The van der Waals surface area contributed by atoms with Crippen LogP contribution in [-0.2, 0) is 14.8 Å².